The Bertz CT molecular complexity index is 1130. The maximum absolute atomic E-state index is 14.0. The summed E-state index contributed by atoms with van der Waals surface area (Å²) >= 11 is 0. The molecule has 0 spiro atoms. The zero-order valence-corrected chi connectivity index (χ0v) is 20.4. The topological polar surface area (TPSA) is 140 Å². The molecule has 37 heavy (non-hydrogen) atoms. The van der Waals surface area contributed by atoms with Crippen LogP contribution in [-0.4, -0.2) is 92.9 Å². The minimum atomic E-state index is -1.41. The molecule has 1 unspecified atom stereocenters. The molecule has 2 aromatic carbocycles. The number of rotatable bonds is 8. The van der Waals surface area contributed by atoms with Crippen molar-refractivity contribution < 1.29 is 34.2 Å². The summed E-state index contributed by atoms with van der Waals surface area (Å²) in [6, 6.07) is 16.2. The number of piperazine rings is 1. The molecule has 2 aromatic rings. The Morgan fingerprint density at radius 3 is 2.24 bits per heavy atom. The predicted molar refractivity (Wildman–Crippen MR) is 131 cm³/mol. The number of carboxylic acid groups (broad SMARTS) is 1. The maximum atomic E-state index is 14.0. The lowest BCUT2D eigenvalue weighted by molar-refractivity contribution is -0.262. The van der Waals surface area contributed by atoms with Gasteiger partial charge in [0.05, 0.1) is 13.2 Å². The SMILES string of the molecule is C[C@H]1ON(C(=O)O)C2CN([C@@H](Cc3ccccc3)C(=O)NCCO)C(=O)[C@H](Cc3ccccc3)N2C1=O. The fraction of sp³-hybridized carbons (Fsp3) is 0.385. The second-order valence-electron chi connectivity index (χ2n) is 9.00. The predicted octanol–water partition coefficient (Wildman–Crippen LogP) is 0.628. The second-order valence-corrected chi connectivity index (χ2v) is 9.00. The highest BCUT2D eigenvalue weighted by atomic mass is 16.7. The van der Waals surface area contributed by atoms with Gasteiger partial charge in [-0.15, -0.1) is 0 Å². The molecule has 0 aromatic heterocycles. The number of aliphatic hydroxyl groups is 1. The molecule has 0 saturated carbocycles. The maximum Gasteiger partial charge on any atom is 0.433 e. The van der Waals surface area contributed by atoms with Gasteiger partial charge in [0, 0.05) is 19.4 Å². The Morgan fingerprint density at radius 1 is 1.03 bits per heavy atom. The highest BCUT2D eigenvalue weighted by molar-refractivity contribution is 5.95. The molecule has 2 aliphatic heterocycles. The molecule has 3 N–H and O–H groups in total. The van der Waals surface area contributed by atoms with Gasteiger partial charge in [-0.2, -0.15) is 5.06 Å². The minimum absolute atomic E-state index is 0.00445. The summed E-state index contributed by atoms with van der Waals surface area (Å²) in [5, 5.41) is 22.4. The van der Waals surface area contributed by atoms with E-state index >= 15 is 0 Å². The number of amides is 4. The summed E-state index contributed by atoms with van der Waals surface area (Å²) in [6.07, 6.45) is -3.36. The van der Waals surface area contributed by atoms with Crippen molar-refractivity contribution >= 4 is 23.8 Å². The lowest BCUT2D eigenvalue weighted by atomic mass is 9.95. The first-order valence-electron chi connectivity index (χ1n) is 12.1. The standard InChI is InChI=1S/C26H30N4O7/c1-17-24(33)29-21(15-19-10-6-3-7-11-19)25(34)28(16-22(29)30(37-17)26(35)36)20(23(32)27-12-13-31)14-18-8-4-2-5-9-18/h2-11,17,20-22,31H,12-16H2,1H3,(H,27,32)(H,35,36)/t17-,20+,21+,22?/m1/s1. The Labute approximate surface area is 214 Å². The van der Waals surface area contributed by atoms with Gasteiger partial charge in [0.2, 0.25) is 11.8 Å². The van der Waals surface area contributed by atoms with Crippen molar-refractivity contribution in [3.63, 3.8) is 0 Å². The molecule has 0 aliphatic carbocycles. The summed E-state index contributed by atoms with van der Waals surface area (Å²) in [4.78, 5) is 60.6. The van der Waals surface area contributed by atoms with E-state index in [2.05, 4.69) is 5.32 Å². The van der Waals surface area contributed by atoms with Crippen LogP contribution in [0.1, 0.15) is 18.1 Å². The van der Waals surface area contributed by atoms with E-state index in [-0.39, 0.29) is 32.5 Å². The Morgan fingerprint density at radius 2 is 1.65 bits per heavy atom. The zero-order valence-electron chi connectivity index (χ0n) is 20.4. The van der Waals surface area contributed by atoms with Crippen LogP contribution in [0.25, 0.3) is 0 Å². The smallest absolute Gasteiger partial charge is 0.433 e. The number of nitrogens with zero attached hydrogens (tertiary/aromatic N) is 3. The molecule has 2 fully saturated rings. The number of aliphatic hydroxyl groups excluding tert-OH is 1. The first-order valence-corrected chi connectivity index (χ1v) is 12.1. The first-order chi connectivity index (χ1) is 17.8. The van der Waals surface area contributed by atoms with Gasteiger partial charge < -0.3 is 25.3 Å². The van der Waals surface area contributed by atoms with Crippen molar-refractivity contribution in [2.75, 3.05) is 19.7 Å². The summed E-state index contributed by atoms with van der Waals surface area (Å²) in [6.45, 7) is 0.901. The summed E-state index contributed by atoms with van der Waals surface area (Å²) in [5.41, 5.74) is 1.57. The normalized spacial score (nSPS) is 22.4. The van der Waals surface area contributed by atoms with Crippen LogP contribution in [0.4, 0.5) is 4.79 Å². The molecule has 4 atom stereocenters. The number of carbonyl (C=O) groups is 4. The van der Waals surface area contributed by atoms with Gasteiger partial charge in [0.1, 0.15) is 12.1 Å². The van der Waals surface area contributed by atoms with Crippen LogP contribution in [0.2, 0.25) is 0 Å². The molecule has 4 amide bonds. The highest BCUT2D eigenvalue weighted by Gasteiger charge is 2.53. The van der Waals surface area contributed by atoms with Crippen molar-refractivity contribution in [1.29, 1.82) is 0 Å². The van der Waals surface area contributed by atoms with Gasteiger partial charge in [-0.25, -0.2) is 4.79 Å². The van der Waals surface area contributed by atoms with E-state index in [1.54, 1.807) is 0 Å². The van der Waals surface area contributed by atoms with Crippen LogP contribution in [0.3, 0.4) is 0 Å². The van der Waals surface area contributed by atoms with E-state index in [4.69, 9.17) is 4.84 Å². The van der Waals surface area contributed by atoms with Gasteiger partial charge in [-0.3, -0.25) is 19.2 Å². The van der Waals surface area contributed by atoms with Crippen LogP contribution in [0.15, 0.2) is 60.7 Å². The van der Waals surface area contributed by atoms with Crippen molar-refractivity contribution in [3.05, 3.63) is 71.8 Å². The van der Waals surface area contributed by atoms with E-state index in [1.165, 1.54) is 16.7 Å². The highest BCUT2D eigenvalue weighted by Crippen LogP contribution is 2.30. The van der Waals surface area contributed by atoms with E-state index < -0.39 is 48.2 Å². The molecular weight excluding hydrogens is 480 g/mol. The number of fused-ring (bicyclic) bond motifs is 1. The number of carbonyl (C=O) groups excluding carboxylic acids is 3. The minimum Gasteiger partial charge on any atom is -0.463 e. The van der Waals surface area contributed by atoms with Gasteiger partial charge in [0.15, 0.2) is 12.3 Å². The Hall–Kier alpha value is -3.96. The third kappa shape index (κ3) is 5.57. The largest absolute Gasteiger partial charge is 0.463 e. The molecular formula is C26H30N4O7. The zero-order chi connectivity index (χ0) is 26.5. The van der Waals surface area contributed by atoms with Gasteiger partial charge in [-0.05, 0) is 18.1 Å². The summed E-state index contributed by atoms with van der Waals surface area (Å²) < 4.78 is 0. The van der Waals surface area contributed by atoms with Gasteiger partial charge in [0.25, 0.3) is 5.91 Å². The molecule has 4 rings (SSSR count). The lowest BCUT2D eigenvalue weighted by Gasteiger charge is -2.53. The quantitative estimate of drug-likeness (QED) is 0.473. The third-order valence-corrected chi connectivity index (χ3v) is 6.55. The van der Waals surface area contributed by atoms with Gasteiger partial charge in [-0.1, -0.05) is 60.7 Å². The van der Waals surface area contributed by atoms with Crippen LogP contribution >= 0.6 is 0 Å². The van der Waals surface area contributed by atoms with E-state index in [1.807, 2.05) is 60.7 Å². The van der Waals surface area contributed by atoms with E-state index in [0.717, 1.165) is 11.1 Å². The fourth-order valence-corrected chi connectivity index (χ4v) is 4.81. The molecule has 11 nitrogen and oxygen atoms in total. The van der Waals surface area contributed by atoms with Crippen molar-refractivity contribution in [2.45, 2.75) is 44.1 Å². The average Bonchev–Trinajstić information content (AvgIpc) is 2.90. The van der Waals surface area contributed by atoms with Crippen molar-refractivity contribution in [1.82, 2.24) is 20.2 Å². The summed E-state index contributed by atoms with van der Waals surface area (Å²) in [5.74, 6) is -1.45. The number of hydrogen-bond donors (Lipinski definition) is 3. The lowest BCUT2D eigenvalue weighted by Crippen LogP contribution is -2.75. The van der Waals surface area contributed by atoms with Crippen LogP contribution < -0.4 is 5.32 Å². The monoisotopic (exact) mass is 510 g/mol. The molecule has 2 heterocycles. The number of nitrogens with one attached hydrogen (secondary N) is 1. The van der Waals surface area contributed by atoms with Crippen LogP contribution in [0, 0.1) is 0 Å². The van der Waals surface area contributed by atoms with Crippen molar-refractivity contribution in [3.8, 4) is 0 Å². The van der Waals surface area contributed by atoms with E-state index in [0.29, 0.717) is 5.06 Å². The number of hydrogen-bond acceptors (Lipinski definition) is 6. The second kappa shape index (κ2) is 11.4. The van der Waals surface area contributed by atoms with Crippen LogP contribution in [-0.2, 0) is 32.1 Å². The molecule has 2 saturated heterocycles. The molecule has 0 radical (unpaired) electrons. The third-order valence-electron chi connectivity index (χ3n) is 6.55. The number of benzene rings is 2. The Kier molecular flexibility index (Phi) is 8.04. The van der Waals surface area contributed by atoms with Gasteiger partial charge >= 0.3 is 6.09 Å². The van der Waals surface area contributed by atoms with Crippen LogP contribution in [0.5, 0.6) is 0 Å². The van der Waals surface area contributed by atoms with Crippen molar-refractivity contribution in [2.24, 2.45) is 0 Å². The van der Waals surface area contributed by atoms with E-state index in [9.17, 15) is 29.4 Å². The molecule has 2 aliphatic rings. The first kappa shape index (κ1) is 26.1. The molecule has 0 bridgehead atoms. The fourth-order valence-electron chi connectivity index (χ4n) is 4.81. The Balaban J connectivity index is 1.75. The molecule has 11 heteroatoms. The number of hydroxylamine groups is 2. The summed E-state index contributed by atoms with van der Waals surface area (Å²) in [7, 11) is 0. The molecule has 196 valence electrons. The average molecular weight is 511 g/mol.